The Bertz CT molecular complexity index is 378. The van der Waals surface area contributed by atoms with Gasteiger partial charge in [-0.05, 0) is 11.1 Å². The molecule has 0 aliphatic carbocycles. The predicted octanol–water partition coefficient (Wildman–Crippen LogP) is 1.57. The van der Waals surface area contributed by atoms with Gasteiger partial charge in [0, 0.05) is 30.5 Å². The minimum Gasteiger partial charge on any atom is -0.772 e. The summed E-state index contributed by atoms with van der Waals surface area (Å²) in [5, 5.41) is 0. The molecule has 0 N–H and O–H groups in total. The fourth-order valence-corrected chi connectivity index (χ4v) is 3.24. The van der Waals surface area contributed by atoms with Gasteiger partial charge in [-0.15, -0.1) is 11.8 Å². The Morgan fingerprint density at radius 2 is 2.25 bits per heavy atom. The van der Waals surface area contributed by atoms with Crippen LogP contribution in [-0.2, 0) is 23.4 Å². The van der Waals surface area contributed by atoms with E-state index in [1.165, 1.54) is 11.3 Å². The lowest BCUT2D eigenvalue weighted by Gasteiger charge is -2.14. The van der Waals surface area contributed by atoms with Crippen molar-refractivity contribution in [2.45, 2.75) is 12.3 Å². The molecule has 0 bridgehead atoms. The Labute approximate surface area is 103 Å². The molecule has 1 aromatic rings. The van der Waals surface area contributed by atoms with Crippen molar-refractivity contribution in [2.75, 3.05) is 18.2 Å². The highest BCUT2D eigenvalue weighted by Crippen LogP contribution is 2.17. The Morgan fingerprint density at radius 3 is 2.94 bits per heavy atom. The first-order valence-electron chi connectivity index (χ1n) is 5.18. The first-order chi connectivity index (χ1) is 7.74. The second-order valence-electron chi connectivity index (χ2n) is 3.86. The molecule has 1 heterocycles. The number of thioether (sulfide) groups is 1. The summed E-state index contributed by atoms with van der Waals surface area (Å²) in [7, 11) is 0. The predicted molar refractivity (Wildman–Crippen MR) is 66.8 cm³/mol. The Balaban J connectivity index is 2.00. The largest absolute Gasteiger partial charge is 0.772 e. The second kappa shape index (κ2) is 5.82. The third-order valence-corrected chi connectivity index (χ3v) is 4.10. The van der Waals surface area contributed by atoms with Gasteiger partial charge in [-0.3, -0.25) is 9.11 Å². The molecular formula is C11H14NO2S2-. The second-order valence-corrected chi connectivity index (χ2v) is 5.83. The van der Waals surface area contributed by atoms with Crippen LogP contribution in [0.15, 0.2) is 24.3 Å². The van der Waals surface area contributed by atoms with Crippen LogP contribution < -0.4 is 0 Å². The van der Waals surface area contributed by atoms with Crippen molar-refractivity contribution < 1.29 is 8.76 Å². The molecule has 1 atom stereocenters. The summed E-state index contributed by atoms with van der Waals surface area (Å²) in [5.41, 5.74) is 2.07. The Morgan fingerprint density at radius 1 is 1.44 bits per heavy atom. The zero-order chi connectivity index (χ0) is 11.4. The van der Waals surface area contributed by atoms with Crippen molar-refractivity contribution in [1.82, 2.24) is 4.90 Å². The van der Waals surface area contributed by atoms with E-state index in [1.807, 2.05) is 30.0 Å². The maximum absolute atomic E-state index is 10.6. The average molecular weight is 256 g/mol. The number of nitrogens with zero attached hydrogens (tertiary/aromatic N) is 1. The summed E-state index contributed by atoms with van der Waals surface area (Å²) in [6, 6.07) is 7.83. The molecule has 16 heavy (non-hydrogen) atoms. The van der Waals surface area contributed by atoms with E-state index in [1.54, 1.807) is 0 Å². The maximum atomic E-state index is 10.6. The SMILES string of the molecule is O=S([O-])Cc1cccc(CN2CCSC2)c1. The third kappa shape index (κ3) is 3.59. The molecular weight excluding hydrogens is 242 g/mol. The van der Waals surface area contributed by atoms with Crippen LogP contribution in [-0.4, -0.2) is 31.8 Å². The lowest BCUT2D eigenvalue weighted by Crippen LogP contribution is -2.18. The lowest BCUT2D eigenvalue weighted by atomic mass is 10.1. The van der Waals surface area contributed by atoms with E-state index in [0.717, 1.165) is 24.5 Å². The van der Waals surface area contributed by atoms with Gasteiger partial charge in [-0.2, -0.15) is 0 Å². The van der Waals surface area contributed by atoms with Crippen molar-refractivity contribution in [2.24, 2.45) is 0 Å². The van der Waals surface area contributed by atoms with Gasteiger partial charge in [0.15, 0.2) is 0 Å². The van der Waals surface area contributed by atoms with E-state index in [9.17, 15) is 8.76 Å². The minimum absolute atomic E-state index is 0.114. The molecule has 1 unspecified atom stereocenters. The fraction of sp³-hybridized carbons (Fsp3) is 0.455. The van der Waals surface area contributed by atoms with Crippen molar-refractivity contribution in [3.8, 4) is 0 Å². The Kier molecular flexibility index (Phi) is 4.40. The highest BCUT2D eigenvalue weighted by Gasteiger charge is 2.11. The average Bonchev–Trinajstić information content (AvgIpc) is 2.70. The minimum atomic E-state index is -2.00. The Hall–Kier alpha value is -0.360. The summed E-state index contributed by atoms with van der Waals surface area (Å²) in [4.78, 5) is 2.37. The van der Waals surface area contributed by atoms with Gasteiger partial charge in [0.2, 0.25) is 0 Å². The van der Waals surface area contributed by atoms with Crippen molar-refractivity contribution in [1.29, 1.82) is 0 Å². The molecule has 0 saturated carbocycles. The van der Waals surface area contributed by atoms with Crippen molar-refractivity contribution in [3.05, 3.63) is 35.4 Å². The molecule has 2 rings (SSSR count). The van der Waals surface area contributed by atoms with Crippen LogP contribution >= 0.6 is 11.8 Å². The van der Waals surface area contributed by atoms with Gasteiger partial charge < -0.3 is 4.55 Å². The molecule has 0 aromatic heterocycles. The smallest absolute Gasteiger partial charge is 0.0448 e. The molecule has 1 aromatic carbocycles. The molecule has 1 aliphatic rings. The number of benzene rings is 1. The van der Waals surface area contributed by atoms with Crippen LogP contribution in [0.25, 0.3) is 0 Å². The fourth-order valence-electron chi connectivity index (χ4n) is 1.79. The van der Waals surface area contributed by atoms with Gasteiger partial charge >= 0.3 is 0 Å². The lowest BCUT2D eigenvalue weighted by molar-refractivity contribution is 0.349. The summed E-state index contributed by atoms with van der Waals surface area (Å²) in [6.07, 6.45) is 0. The molecule has 0 amide bonds. The molecule has 0 radical (unpaired) electrons. The number of rotatable bonds is 4. The van der Waals surface area contributed by atoms with E-state index in [0.29, 0.717) is 0 Å². The summed E-state index contributed by atoms with van der Waals surface area (Å²) in [6.45, 7) is 2.05. The normalized spacial score (nSPS) is 18.8. The van der Waals surface area contributed by atoms with Crippen LogP contribution in [0.4, 0.5) is 0 Å². The monoisotopic (exact) mass is 256 g/mol. The van der Waals surface area contributed by atoms with Crippen LogP contribution in [0.5, 0.6) is 0 Å². The summed E-state index contributed by atoms with van der Waals surface area (Å²) < 4.78 is 21.2. The van der Waals surface area contributed by atoms with Gasteiger partial charge in [-0.1, -0.05) is 35.3 Å². The molecule has 3 nitrogen and oxygen atoms in total. The third-order valence-electron chi connectivity index (χ3n) is 2.51. The molecule has 88 valence electrons. The number of hydrogen-bond acceptors (Lipinski definition) is 4. The van der Waals surface area contributed by atoms with Gasteiger partial charge in [-0.25, -0.2) is 0 Å². The molecule has 1 aliphatic heterocycles. The topological polar surface area (TPSA) is 43.4 Å². The van der Waals surface area contributed by atoms with Gasteiger partial charge in [0.1, 0.15) is 0 Å². The zero-order valence-electron chi connectivity index (χ0n) is 8.93. The van der Waals surface area contributed by atoms with E-state index in [4.69, 9.17) is 0 Å². The van der Waals surface area contributed by atoms with E-state index in [2.05, 4.69) is 11.0 Å². The highest BCUT2D eigenvalue weighted by atomic mass is 32.2. The standard InChI is InChI=1S/C11H15NO2S2/c13-16(14)8-11-3-1-2-10(6-11)7-12-4-5-15-9-12/h1-3,6H,4-5,7-9H2,(H,13,14)/p-1. The van der Waals surface area contributed by atoms with Crippen molar-refractivity contribution in [3.63, 3.8) is 0 Å². The maximum Gasteiger partial charge on any atom is 0.0448 e. The quantitative estimate of drug-likeness (QED) is 0.767. The summed E-state index contributed by atoms with van der Waals surface area (Å²) in [5.74, 6) is 2.39. The molecule has 1 saturated heterocycles. The number of hydrogen-bond donors (Lipinski definition) is 0. The van der Waals surface area contributed by atoms with Crippen LogP contribution in [0.2, 0.25) is 0 Å². The van der Waals surface area contributed by atoms with Crippen LogP contribution in [0, 0.1) is 0 Å². The van der Waals surface area contributed by atoms with E-state index < -0.39 is 11.1 Å². The van der Waals surface area contributed by atoms with Gasteiger partial charge in [0.05, 0.1) is 0 Å². The molecule has 0 spiro atoms. The van der Waals surface area contributed by atoms with E-state index >= 15 is 0 Å². The first kappa shape index (κ1) is 12.1. The molecule has 5 heteroatoms. The zero-order valence-corrected chi connectivity index (χ0v) is 10.6. The van der Waals surface area contributed by atoms with Gasteiger partial charge in [0.25, 0.3) is 0 Å². The first-order valence-corrected chi connectivity index (χ1v) is 7.58. The van der Waals surface area contributed by atoms with E-state index in [-0.39, 0.29) is 5.75 Å². The van der Waals surface area contributed by atoms with Crippen LogP contribution in [0.1, 0.15) is 11.1 Å². The van der Waals surface area contributed by atoms with Crippen LogP contribution in [0.3, 0.4) is 0 Å². The summed E-state index contributed by atoms with van der Waals surface area (Å²) >= 11 is -0.0529. The highest BCUT2D eigenvalue weighted by molar-refractivity contribution is 7.99. The van der Waals surface area contributed by atoms with Crippen molar-refractivity contribution >= 4 is 22.8 Å². The molecule has 1 fully saturated rings.